The summed E-state index contributed by atoms with van der Waals surface area (Å²) in [7, 11) is 0. The summed E-state index contributed by atoms with van der Waals surface area (Å²) < 4.78 is 36.5. The number of benzene rings is 2. The number of ether oxygens (including phenoxy) is 1. The Morgan fingerprint density at radius 1 is 1.12 bits per heavy atom. The van der Waals surface area contributed by atoms with E-state index in [1.807, 2.05) is 35.2 Å². The third-order valence-corrected chi connectivity index (χ3v) is 7.04. The third kappa shape index (κ3) is 3.95. The molecular formula is C24H24ClF2N3O3. The van der Waals surface area contributed by atoms with Gasteiger partial charge >= 0.3 is 6.09 Å². The van der Waals surface area contributed by atoms with Crippen molar-refractivity contribution in [1.29, 1.82) is 0 Å². The van der Waals surface area contributed by atoms with Crippen LogP contribution in [-0.4, -0.2) is 53.6 Å². The Kier molecular flexibility index (Phi) is 5.53. The lowest BCUT2D eigenvalue weighted by Crippen LogP contribution is -2.57. The largest absolute Gasteiger partial charge is 0.436 e. The van der Waals surface area contributed by atoms with E-state index in [4.69, 9.17) is 16.3 Å². The van der Waals surface area contributed by atoms with Crippen molar-refractivity contribution in [1.82, 2.24) is 9.80 Å². The molecule has 6 nitrogen and oxygen atoms in total. The lowest BCUT2D eigenvalue weighted by atomic mass is 9.82. The maximum absolute atomic E-state index is 15.9. The number of carbonyl (C=O) groups excluding carboxylic acids is 2. The molecule has 33 heavy (non-hydrogen) atoms. The summed E-state index contributed by atoms with van der Waals surface area (Å²) in [6, 6.07) is 12.6. The van der Waals surface area contributed by atoms with E-state index in [0.29, 0.717) is 32.5 Å². The van der Waals surface area contributed by atoms with Crippen molar-refractivity contribution in [3.05, 3.63) is 64.4 Å². The van der Waals surface area contributed by atoms with Crippen molar-refractivity contribution in [3.8, 4) is 0 Å². The number of likely N-dealkylation sites (tertiary alicyclic amines) is 2. The SMILES string of the molecule is O=C1Nc2ccc(Cl)c(F)c2[C@@]2(CCCN(C(=O)C3(F)CCN(Cc4ccccc4)C3)C2)O1. The average molecular weight is 476 g/mol. The zero-order valence-corrected chi connectivity index (χ0v) is 18.7. The number of piperidine rings is 1. The van der Waals surface area contributed by atoms with Crippen LogP contribution in [0.5, 0.6) is 0 Å². The highest BCUT2D eigenvalue weighted by Gasteiger charge is 2.53. The molecule has 2 fully saturated rings. The molecule has 0 aromatic heterocycles. The van der Waals surface area contributed by atoms with E-state index < -0.39 is 29.1 Å². The predicted octanol–water partition coefficient (Wildman–Crippen LogP) is 4.47. The Morgan fingerprint density at radius 2 is 1.91 bits per heavy atom. The van der Waals surface area contributed by atoms with E-state index >= 15 is 8.78 Å². The van der Waals surface area contributed by atoms with Crippen LogP contribution in [0.2, 0.25) is 5.02 Å². The summed E-state index contributed by atoms with van der Waals surface area (Å²) in [6.45, 7) is 1.20. The van der Waals surface area contributed by atoms with Gasteiger partial charge in [-0.05, 0) is 30.5 Å². The van der Waals surface area contributed by atoms with Gasteiger partial charge in [0.15, 0.2) is 11.4 Å². The molecule has 9 heteroatoms. The van der Waals surface area contributed by atoms with Gasteiger partial charge in [-0.25, -0.2) is 13.6 Å². The van der Waals surface area contributed by atoms with Crippen LogP contribution in [0.25, 0.3) is 0 Å². The standard InChI is InChI=1S/C24H24ClF2N3O3/c25-17-7-8-18-19(20(17)26)24(33-22(32)28-18)9-4-11-30(15-24)21(31)23(27)10-12-29(14-23)13-16-5-2-1-3-6-16/h1-3,5-8H,4,9-15H2,(H,28,32)/t23?,24-/m0/s1. The van der Waals surface area contributed by atoms with Gasteiger partial charge in [-0.15, -0.1) is 0 Å². The molecule has 0 aliphatic carbocycles. The smallest absolute Gasteiger partial charge is 0.412 e. The summed E-state index contributed by atoms with van der Waals surface area (Å²) in [6.07, 6.45) is 0.103. The summed E-state index contributed by atoms with van der Waals surface area (Å²) >= 11 is 6.00. The van der Waals surface area contributed by atoms with Crippen molar-refractivity contribution in [2.75, 3.05) is 31.5 Å². The van der Waals surface area contributed by atoms with Crippen molar-refractivity contribution < 1.29 is 23.1 Å². The fourth-order valence-corrected chi connectivity index (χ4v) is 5.39. The first kappa shape index (κ1) is 22.1. The summed E-state index contributed by atoms with van der Waals surface area (Å²) in [4.78, 5) is 28.9. The number of carbonyl (C=O) groups is 2. The third-order valence-electron chi connectivity index (χ3n) is 6.75. The number of amides is 2. The number of anilines is 1. The monoisotopic (exact) mass is 475 g/mol. The minimum atomic E-state index is -2.04. The molecular weight excluding hydrogens is 452 g/mol. The number of fused-ring (bicyclic) bond motifs is 2. The molecule has 3 heterocycles. The highest BCUT2D eigenvalue weighted by Crippen LogP contribution is 2.45. The maximum Gasteiger partial charge on any atom is 0.412 e. The van der Waals surface area contributed by atoms with Crippen molar-refractivity contribution in [2.45, 2.75) is 37.1 Å². The van der Waals surface area contributed by atoms with Crippen LogP contribution in [0.1, 0.15) is 30.4 Å². The molecule has 1 N–H and O–H groups in total. The Labute approximate surface area is 195 Å². The molecule has 2 aromatic carbocycles. The van der Waals surface area contributed by atoms with E-state index in [1.54, 1.807) is 0 Å². The van der Waals surface area contributed by atoms with Gasteiger partial charge in [-0.1, -0.05) is 41.9 Å². The van der Waals surface area contributed by atoms with Gasteiger partial charge < -0.3 is 9.64 Å². The maximum atomic E-state index is 15.9. The number of hydrogen-bond donors (Lipinski definition) is 1. The molecule has 5 rings (SSSR count). The first-order chi connectivity index (χ1) is 15.8. The van der Waals surface area contributed by atoms with Crippen LogP contribution in [0.4, 0.5) is 19.3 Å². The van der Waals surface area contributed by atoms with Crippen LogP contribution in [0, 0.1) is 5.82 Å². The van der Waals surface area contributed by atoms with Crippen LogP contribution in [0.15, 0.2) is 42.5 Å². The van der Waals surface area contributed by atoms with Crippen LogP contribution < -0.4 is 5.32 Å². The van der Waals surface area contributed by atoms with Crippen molar-refractivity contribution in [2.24, 2.45) is 0 Å². The molecule has 1 spiro atoms. The molecule has 1 unspecified atom stereocenters. The Morgan fingerprint density at radius 3 is 2.70 bits per heavy atom. The Balaban J connectivity index is 1.37. The number of halogens is 3. The zero-order chi connectivity index (χ0) is 23.2. The molecule has 0 saturated carbocycles. The lowest BCUT2D eigenvalue weighted by Gasteiger charge is -2.46. The summed E-state index contributed by atoms with van der Waals surface area (Å²) in [5.74, 6) is -1.34. The van der Waals surface area contributed by atoms with Crippen LogP contribution >= 0.6 is 11.6 Å². The van der Waals surface area contributed by atoms with Crippen molar-refractivity contribution in [3.63, 3.8) is 0 Å². The predicted molar refractivity (Wildman–Crippen MR) is 119 cm³/mol. The van der Waals surface area contributed by atoms with Gasteiger partial charge in [0.25, 0.3) is 5.91 Å². The normalized spacial score (nSPS) is 27.2. The van der Waals surface area contributed by atoms with Crippen LogP contribution in [-0.2, 0) is 21.7 Å². The highest BCUT2D eigenvalue weighted by molar-refractivity contribution is 6.31. The molecule has 2 aromatic rings. The molecule has 2 saturated heterocycles. The van der Waals surface area contributed by atoms with Crippen LogP contribution in [0.3, 0.4) is 0 Å². The zero-order valence-electron chi connectivity index (χ0n) is 18.0. The van der Waals surface area contributed by atoms with Gasteiger partial charge in [0.2, 0.25) is 5.67 Å². The Hall–Kier alpha value is -2.71. The molecule has 3 aliphatic rings. The molecule has 2 atom stereocenters. The minimum absolute atomic E-state index is 0.0116. The lowest BCUT2D eigenvalue weighted by molar-refractivity contribution is -0.151. The number of hydrogen-bond acceptors (Lipinski definition) is 4. The first-order valence-corrected chi connectivity index (χ1v) is 11.4. The topological polar surface area (TPSA) is 61.9 Å². The number of alkyl halides is 1. The van der Waals surface area contributed by atoms with E-state index in [0.717, 1.165) is 5.56 Å². The van der Waals surface area contributed by atoms with E-state index in [1.165, 1.54) is 17.0 Å². The van der Waals surface area contributed by atoms with Crippen molar-refractivity contribution >= 4 is 29.3 Å². The molecule has 3 aliphatic heterocycles. The number of nitrogens with one attached hydrogen (secondary N) is 1. The molecule has 0 radical (unpaired) electrons. The quantitative estimate of drug-likeness (QED) is 0.711. The number of nitrogens with zero attached hydrogens (tertiary/aromatic N) is 2. The van der Waals surface area contributed by atoms with E-state index in [2.05, 4.69) is 5.32 Å². The molecule has 0 bridgehead atoms. The van der Waals surface area contributed by atoms with E-state index in [-0.39, 0.29) is 35.8 Å². The minimum Gasteiger partial charge on any atom is -0.436 e. The first-order valence-electron chi connectivity index (χ1n) is 11.0. The van der Waals surface area contributed by atoms with Gasteiger partial charge in [0.1, 0.15) is 0 Å². The number of rotatable bonds is 3. The van der Waals surface area contributed by atoms with Gasteiger partial charge in [0.05, 0.1) is 22.8 Å². The molecule has 2 amide bonds. The molecule has 174 valence electrons. The second kappa shape index (κ2) is 8.25. The average Bonchev–Trinajstić information content (AvgIpc) is 3.17. The summed E-state index contributed by atoms with van der Waals surface area (Å²) in [5.41, 5.74) is -2.03. The van der Waals surface area contributed by atoms with Gasteiger partial charge in [-0.3, -0.25) is 15.0 Å². The Bertz CT molecular complexity index is 1100. The van der Waals surface area contributed by atoms with Gasteiger partial charge in [-0.2, -0.15) is 0 Å². The van der Waals surface area contributed by atoms with E-state index in [9.17, 15) is 9.59 Å². The van der Waals surface area contributed by atoms with Gasteiger partial charge in [0, 0.05) is 32.6 Å². The highest BCUT2D eigenvalue weighted by atomic mass is 35.5. The summed E-state index contributed by atoms with van der Waals surface area (Å²) in [5, 5.41) is 2.39. The fourth-order valence-electron chi connectivity index (χ4n) is 5.23. The fraction of sp³-hybridized carbons (Fsp3) is 0.417. The second-order valence-electron chi connectivity index (χ2n) is 9.03. The second-order valence-corrected chi connectivity index (χ2v) is 9.44.